The Morgan fingerprint density at radius 1 is 1.29 bits per heavy atom. The highest BCUT2D eigenvalue weighted by atomic mass is 16.5. The van der Waals surface area contributed by atoms with Crippen LogP contribution in [-0.4, -0.2) is 67.1 Å². The maximum Gasteiger partial charge on any atom is 0.242 e. The monoisotopic (exact) mass is 424 g/mol. The summed E-state index contributed by atoms with van der Waals surface area (Å²) in [6.07, 6.45) is 7.77. The van der Waals surface area contributed by atoms with E-state index in [1.54, 1.807) is 36.3 Å². The molecule has 2 aliphatic heterocycles. The Kier molecular flexibility index (Phi) is 7.98. The molecule has 2 saturated heterocycles. The second kappa shape index (κ2) is 11.1. The van der Waals surface area contributed by atoms with E-state index in [0.717, 1.165) is 38.8 Å². The molecule has 9 nitrogen and oxygen atoms in total. The number of likely N-dealkylation sites (tertiary alicyclic amines) is 2. The van der Waals surface area contributed by atoms with Crippen LogP contribution in [0.1, 0.15) is 32.1 Å². The van der Waals surface area contributed by atoms with Crippen molar-refractivity contribution in [2.75, 3.05) is 33.3 Å². The molecule has 2 aliphatic rings. The first-order chi connectivity index (χ1) is 15.1. The Morgan fingerprint density at radius 2 is 2.06 bits per heavy atom. The first kappa shape index (κ1) is 22.3. The summed E-state index contributed by atoms with van der Waals surface area (Å²) in [5, 5.41) is 11.5. The number of nitrogens with zero attached hydrogens (tertiary/aromatic N) is 5. The molecule has 0 radical (unpaired) electrons. The van der Waals surface area contributed by atoms with Crippen LogP contribution in [0.25, 0.3) is 0 Å². The second-order valence-electron chi connectivity index (χ2n) is 7.60. The van der Waals surface area contributed by atoms with E-state index >= 15 is 0 Å². The molecule has 1 atom stereocenters. The third-order valence-electron chi connectivity index (χ3n) is 5.44. The smallest absolute Gasteiger partial charge is 0.242 e. The van der Waals surface area contributed by atoms with Crippen LogP contribution in [0.5, 0.6) is 5.75 Å². The Hall–Kier alpha value is -3.41. The molecule has 9 heteroatoms. The number of carbonyl (C=O) groups is 2. The number of hydrogen-bond donors (Lipinski definition) is 1. The SMILES string of the molecule is COc1cccc(N=C(/N=C\C2CCCCN(CC(=O)N3CCCC3)C2=O)NC#N)c1. The number of amides is 2. The predicted octanol–water partition coefficient (Wildman–Crippen LogP) is 2.08. The topological polar surface area (TPSA) is 110 Å². The third kappa shape index (κ3) is 6.28. The van der Waals surface area contributed by atoms with Gasteiger partial charge in [-0.15, -0.1) is 0 Å². The van der Waals surface area contributed by atoms with Crippen molar-refractivity contribution in [1.82, 2.24) is 15.1 Å². The number of guanidine groups is 1. The van der Waals surface area contributed by atoms with Gasteiger partial charge in [-0.05, 0) is 37.8 Å². The highest BCUT2D eigenvalue weighted by Gasteiger charge is 2.29. The minimum Gasteiger partial charge on any atom is -0.497 e. The van der Waals surface area contributed by atoms with Crippen LogP contribution in [0.3, 0.4) is 0 Å². The van der Waals surface area contributed by atoms with Crippen molar-refractivity contribution in [2.45, 2.75) is 32.1 Å². The summed E-state index contributed by atoms with van der Waals surface area (Å²) >= 11 is 0. The quantitative estimate of drug-likeness (QED) is 0.337. The standard InChI is InChI=1S/C22H28N6O3/c1-31-19-9-6-8-18(13-19)26-22(25-16-23)24-14-17-7-2-3-12-28(21(17)30)15-20(29)27-10-4-5-11-27/h6,8-9,13-14,17H,2-5,7,10-12,15H2,1H3,(H,25,26)/b24-14-. The van der Waals surface area contributed by atoms with E-state index in [0.29, 0.717) is 24.4 Å². The molecule has 0 bridgehead atoms. The molecular weight excluding hydrogens is 396 g/mol. The van der Waals surface area contributed by atoms with Gasteiger partial charge in [0.25, 0.3) is 0 Å². The fraction of sp³-hybridized carbons (Fsp3) is 0.500. The van der Waals surface area contributed by atoms with Crippen molar-refractivity contribution in [1.29, 1.82) is 5.26 Å². The summed E-state index contributed by atoms with van der Waals surface area (Å²) in [7, 11) is 1.56. The van der Waals surface area contributed by atoms with Crippen LogP contribution in [0, 0.1) is 17.4 Å². The lowest BCUT2D eigenvalue weighted by Crippen LogP contribution is -2.44. The van der Waals surface area contributed by atoms with Gasteiger partial charge in [-0.2, -0.15) is 5.26 Å². The van der Waals surface area contributed by atoms with E-state index in [4.69, 9.17) is 10.00 Å². The lowest BCUT2D eigenvalue weighted by molar-refractivity contribution is -0.140. The fourth-order valence-electron chi connectivity index (χ4n) is 3.76. The molecule has 2 amide bonds. The molecule has 3 rings (SSSR count). The first-order valence-corrected chi connectivity index (χ1v) is 10.6. The largest absolute Gasteiger partial charge is 0.497 e. The van der Waals surface area contributed by atoms with Crippen LogP contribution in [-0.2, 0) is 9.59 Å². The van der Waals surface area contributed by atoms with Gasteiger partial charge < -0.3 is 14.5 Å². The van der Waals surface area contributed by atoms with Crippen molar-refractivity contribution in [3.05, 3.63) is 24.3 Å². The van der Waals surface area contributed by atoms with E-state index in [1.807, 2.05) is 11.1 Å². The number of nitriles is 1. The van der Waals surface area contributed by atoms with E-state index in [9.17, 15) is 9.59 Å². The first-order valence-electron chi connectivity index (χ1n) is 10.6. The van der Waals surface area contributed by atoms with E-state index in [2.05, 4.69) is 15.3 Å². The van der Waals surface area contributed by atoms with Gasteiger partial charge >= 0.3 is 0 Å². The van der Waals surface area contributed by atoms with Crippen LogP contribution in [0.4, 0.5) is 5.69 Å². The van der Waals surface area contributed by atoms with E-state index in [1.165, 1.54) is 6.21 Å². The van der Waals surface area contributed by atoms with Gasteiger partial charge in [-0.25, -0.2) is 9.98 Å². The van der Waals surface area contributed by atoms with Crippen LogP contribution >= 0.6 is 0 Å². The lowest BCUT2D eigenvalue weighted by Gasteiger charge is -2.25. The number of hydrogen-bond acceptors (Lipinski definition) is 5. The Balaban J connectivity index is 1.71. The zero-order chi connectivity index (χ0) is 22.1. The molecule has 0 spiro atoms. The van der Waals surface area contributed by atoms with Crippen LogP contribution < -0.4 is 10.1 Å². The molecule has 0 aliphatic carbocycles. The fourth-order valence-corrected chi connectivity index (χ4v) is 3.76. The van der Waals surface area contributed by atoms with Gasteiger partial charge in [-0.3, -0.25) is 14.9 Å². The maximum atomic E-state index is 13.0. The number of rotatable bonds is 5. The molecule has 1 aromatic carbocycles. The Labute approximate surface area is 182 Å². The molecule has 0 aromatic heterocycles. The Morgan fingerprint density at radius 3 is 2.81 bits per heavy atom. The average Bonchev–Trinajstić information content (AvgIpc) is 3.27. The van der Waals surface area contributed by atoms with Gasteiger partial charge in [-0.1, -0.05) is 12.5 Å². The van der Waals surface area contributed by atoms with Gasteiger partial charge in [0.05, 0.1) is 25.3 Å². The van der Waals surface area contributed by atoms with E-state index < -0.39 is 5.92 Å². The summed E-state index contributed by atoms with van der Waals surface area (Å²) < 4.78 is 5.19. The molecule has 0 saturated carbocycles. The molecule has 1 aromatic rings. The van der Waals surface area contributed by atoms with Crippen LogP contribution in [0.2, 0.25) is 0 Å². The van der Waals surface area contributed by atoms with Crippen LogP contribution in [0.15, 0.2) is 34.3 Å². The summed E-state index contributed by atoms with van der Waals surface area (Å²) in [6, 6.07) is 7.06. The molecule has 1 N–H and O–H groups in total. The molecule has 2 heterocycles. The number of ether oxygens (including phenoxy) is 1. The number of nitrogens with one attached hydrogen (secondary N) is 1. The zero-order valence-corrected chi connectivity index (χ0v) is 17.8. The molecule has 2 fully saturated rings. The molecule has 1 unspecified atom stereocenters. The second-order valence-corrected chi connectivity index (χ2v) is 7.60. The van der Waals surface area contributed by atoms with Crippen molar-refractivity contribution in [2.24, 2.45) is 15.9 Å². The van der Waals surface area contributed by atoms with Crippen molar-refractivity contribution in [3.63, 3.8) is 0 Å². The van der Waals surface area contributed by atoms with Gasteiger partial charge in [0.15, 0.2) is 6.19 Å². The number of aliphatic imine (C=N–C) groups is 2. The van der Waals surface area contributed by atoms with Gasteiger partial charge in [0.2, 0.25) is 17.8 Å². The summed E-state index contributed by atoms with van der Waals surface area (Å²) in [4.78, 5) is 37.6. The lowest BCUT2D eigenvalue weighted by atomic mass is 10.0. The van der Waals surface area contributed by atoms with Crippen molar-refractivity contribution in [3.8, 4) is 11.9 Å². The van der Waals surface area contributed by atoms with Crippen molar-refractivity contribution < 1.29 is 14.3 Å². The van der Waals surface area contributed by atoms with Crippen molar-refractivity contribution >= 4 is 29.7 Å². The molecular formula is C22H28N6O3. The highest BCUT2D eigenvalue weighted by Crippen LogP contribution is 2.20. The van der Waals surface area contributed by atoms with Gasteiger partial charge in [0, 0.05) is 31.9 Å². The highest BCUT2D eigenvalue weighted by molar-refractivity contribution is 6.00. The number of methoxy groups -OCH3 is 1. The average molecular weight is 425 g/mol. The minimum absolute atomic E-state index is 0.00913. The number of carbonyl (C=O) groups excluding carboxylic acids is 2. The summed E-state index contributed by atoms with van der Waals surface area (Å²) in [5.41, 5.74) is 0.569. The normalized spacial score (nSPS) is 19.9. The van der Waals surface area contributed by atoms with Gasteiger partial charge in [0.1, 0.15) is 5.75 Å². The maximum absolute atomic E-state index is 13.0. The zero-order valence-electron chi connectivity index (χ0n) is 17.8. The summed E-state index contributed by atoms with van der Waals surface area (Å²) in [5.74, 6) is 0.178. The molecule has 164 valence electrons. The van der Waals surface area contributed by atoms with E-state index in [-0.39, 0.29) is 24.3 Å². The third-order valence-corrected chi connectivity index (χ3v) is 5.44. The minimum atomic E-state index is -0.454. The summed E-state index contributed by atoms with van der Waals surface area (Å²) in [6.45, 7) is 2.24. The molecule has 31 heavy (non-hydrogen) atoms. The number of benzene rings is 1. The Bertz CT molecular complexity index is 885. The predicted molar refractivity (Wildman–Crippen MR) is 117 cm³/mol.